The lowest BCUT2D eigenvalue weighted by Crippen LogP contribution is -2.39. The van der Waals surface area contributed by atoms with E-state index in [1.807, 2.05) is 78.6 Å². The summed E-state index contributed by atoms with van der Waals surface area (Å²) in [5.41, 5.74) is 3.10. The minimum Gasteiger partial charge on any atom is -0.464 e. The number of carbonyl (C=O) groups is 1. The van der Waals surface area contributed by atoms with Crippen LogP contribution in [0.1, 0.15) is 12.5 Å². The Morgan fingerprint density at radius 2 is 1.81 bits per heavy atom. The minimum absolute atomic E-state index is 0.230. The molecule has 1 aliphatic rings. The number of hydrogen-bond acceptors (Lipinski definition) is 3. The van der Waals surface area contributed by atoms with Gasteiger partial charge in [0.25, 0.3) is 0 Å². The minimum atomic E-state index is -0.428. The highest BCUT2D eigenvalue weighted by molar-refractivity contribution is 5.91. The number of anilines is 2. The molecule has 0 fully saturated rings. The van der Waals surface area contributed by atoms with Gasteiger partial charge in [-0.1, -0.05) is 42.5 Å². The van der Waals surface area contributed by atoms with E-state index >= 15 is 0 Å². The van der Waals surface area contributed by atoms with E-state index in [4.69, 9.17) is 4.74 Å². The zero-order chi connectivity index (χ0) is 14.7. The van der Waals surface area contributed by atoms with Crippen LogP contribution in [0.5, 0.6) is 0 Å². The Balaban J connectivity index is 2.08. The van der Waals surface area contributed by atoms with Crippen LogP contribution in [0.2, 0.25) is 0 Å². The van der Waals surface area contributed by atoms with Crippen molar-refractivity contribution in [1.82, 2.24) is 0 Å². The Labute approximate surface area is 124 Å². The Morgan fingerprint density at radius 3 is 2.57 bits per heavy atom. The number of nitrogens with zero attached hydrogens (tertiary/aromatic N) is 1. The molecule has 0 aliphatic carbocycles. The number of esters is 1. The van der Waals surface area contributed by atoms with Crippen LogP contribution in [0, 0.1) is 0 Å². The van der Waals surface area contributed by atoms with E-state index in [-0.39, 0.29) is 5.97 Å². The fourth-order valence-corrected chi connectivity index (χ4v) is 2.58. The van der Waals surface area contributed by atoms with Crippen molar-refractivity contribution in [3.05, 3.63) is 66.2 Å². The largest absolute Gasteiger partial charge is 0.464 e. The van der Waals surface area contributed by atoms with E-state index in [0.717, 1.165) is 16.9 Å². The normalized spacial score (nSPS) is 16.4. The molecule has 21 heavy (non-hydrogen) atoms. The summed E-state index contributed by atoms with van der Waals surface area (Å²) in [5.74, 6) is -0.230. The van der Waals surface area contributed by atoms with Gasteiger partial charge in [0.05, 0.1) is 6.61 Å². The Kier molecular flexibility index (Phi) is 3.73. The number of para-hydroxylation sites is 2. The van der Waals surface area contributed by atoms with Crippen LogP contribution < -0.4 is 4.90 Å². The molecule has 0 amide bonds. The lowest BCUT2D eigenvalue weighted by atomic mass is 10.0. The SMILES string of the molecule is CCOC(=O)C1C=Cc2ccccc2N1c1ccccc1. The summed E-state index contributed by atoms with van der Waals surface area (Å²) in [6, 6.07) is 17.5. The first kappa shape index (κ1) is 13.4. The maximum Gasteiger partial charge on any atom is 0.333 e. The summed E-state index contributed by atoms with van der Waals surface area (Å²) >= 11 is 0. The van der Waals surface area contributed by atoms with Crippen LogP contribution in [0.4, 0.5) is 11.4 Å². The summed E-state index contributed by atoms with van der Waals surface area (Å²) in [5, 5.41) is 0. The molecule has 3 heteroatoms. The number of rotatable bonds is 3. The van der Waals surface area contributed by atoms with Crippen LogP contribution in [0.25, 0.3) is 6.08 Å². The van der Waals surface area contributed by atoms with E-state index in [1.165, 1.54) is 0 Å². The van der Waals surface area contributed by atoms with Crippen molar-refractivity contribution in [2.45, 2.75) is 13.0 Å². The first-order valence-corrected chi connectivity index (χ1v) is 7.09. The summed E-state index contributed by atoms with van der Waals surface area (Å²) in [4.78, 5) is 14.3. The van der Waals surface area contributed by atoms with Crippen molar-refractivity contribution in [1.29, 1.82) is 0 Å². The summed E-state index contributed by atoms with van der Waals surface area (Å²) in [7, 11) is 0. The Morgan fingerprint density at radius 1 is 1.10 bits per heavy atom. The van der Waals surface area contributed by atoms with Gasteiger partial charge in [0, 0.05) is 11.4 Å². The maximum atomic E-state index is 12.3. The lowest BCUT2D eigenvalue weighted by molar-refractivity contribution is -0.143. The fraction of sp³-hybridized carbons (Fsp3) is 0.167. The highest BCUT2D eigenvalue weighted by Crippen LogP contribution is 2.35. The summed E-state index contributed by atoms with van der Waals surface area (Å²) in [6.45, 7) is 2.21. The molecule has 0 spiro atoms. The van der Waals surface area contributed by atoms with E-state index in [1.54, 1.807) is 0 Å². The number of benzene rings is 2. The molecule has 2 aromatic carbocycles. The molecule has 1 atom stereocenters. The van der Waals surface area contributed by atoms with Crippen LogP contribution in [-0.2, 0) is 9.53 Å². The molecule has 3 nitrogen and oxygen atoms in total. The number of ether oxygens (including phenoxy) is 1. The zero-order valence-corrected chi connectivity index (χ0v) is 11.9. The van der Waals surface area contributed by atoms with E-state index in [0.29, 0.717) is 6.61 Å². The van der Waals surface area contributed by atoms with Crippen molar-refractivity contribution < 1.29 is 9.53 Å². The number of carbonyl (C=O) groups excluding carboxylic acids is 1. The molecular formula is C18H17NO2. The monoisotopic (exact) mass is 279 g/mol. The molecule has 1 unspecified atom stereocenters. The molecule has 1 heterocycles. The van der Waals surface area contributed by atoms with Gasteiger partial charge in [-0.2, -0.15) is 0 Å². The fourth-order valence-electron chi connectivity index (χ4n) is 2.58. The van der Waals surface area contributed by atoms with E-state index in [9.17, 15) is 4.79 Å². The molecule has 1 aliphatic heterocycles. The van der Waals surface area contributed by atoms with Gasteiger partial charge in [-0.05, 0) is 36.8 Å². The average molecular weight is 279 g/mol. The van der Waals surface area contributed by atoms with Gasteiger partial charge < -0.3 is 9.64 Å². The molecular weight excluding hydrogens is 262 g/mol. The van der Waals surface area contributed by atoms with Gasteiger partial charge in [-0.15, -0.1) is 0 Å². The maximum absolute atomic E-state index is 12.3. The first-order valence-electron chi connectivity index (χ1n) is 7.09. The summed E-state index contributed by atoms with van der Waals surface area (Å²) in [6.07, 6.45) is 3.88. The molecule has 0 radical (unpaired) electrons. The first-order chi connectivity index (χ1) is 10.3. The van der Waals surface area contributed by atoms with E-state index in [2.05, 4.69) is 0 Å². The van der Waals surface area contributed by atoms with Crippen LogP contribution >= 0.6 is 0 Å². The second kappa shape index (κ2) is 5.83. The third-order valence-electron chi connectivity index (χ3n) is 3.49. The molecule has 3 rings (SSSR count). The standard InChI is InChI=1S/C18H17NO2/c1-2-21-18(20)17-13-12-14-8-6-7-11-16(14)19(17)15-9-4-3-5-10-15/h3-13,17H,2H2,1H3. The lowest BCUT2D eigenvalue weighted by Gasteiger charge is -2.34. The second-order valence-electron chi connectivity index (χ2n) is 4.82. The molecule has 0 saturated carbocycles. The van der Waals surface area contributed by atoms with Gasteiger partial charge in [-0.25, -0.2) is 4.79 Å². The number of fused-ring (bicyclic) bond motifs is 1. The molecule has 0 aromatic heterocycles. The van der Waals surface area contributed by atoms with Crippen molar-refractivity contribution in [2.75, 3.05) is 11.5 Å². The second-order valence-corrected chi connectivity index (χ2v) is 4.82. The average Bonchev–Trinajstić information content (AvgIpc) is 2.55. The quantitative estimate of drug-likeness (QED) is 0.801. The van der Waals surface area contributed by atoms with Gasteiger partial charge in [0.1, 0.15) is 0 Å². The predicted molar refractivity (Wildman–Crippen MR) is 84.5 cm³/mol. The third-order valence-corrected chi connectivity index (χ3v) is 3.49. The number of hydrogen-bond donors (Lipinski definition) is 0. The van der Waals surface area contributed by atoms with Crippen molar-refractivity contribution >= 4 is 23.4 Å². The highest BCUT2D eigenvalue weighted by atomic mass is 16.5. The molecule has 2 aromatic rings. The van der Waals surface area contributed by atoms with Gasteiger partial charge in [0.15, 0.2) is 6.04 Å². The van der Waals surface area contributed by atoms with E-state index < -0.39 is 6.04 Å². The van der Waals surface area contributed by atoms with Crippen molar-refractivity contribution in [2.24, 2.45) is 0 Å². The smallest absolute Gasteiger partial charge is 0.333 e. The van der Waals surface area contributed by atoms with Crippen LogP contribution in [-0.4, -0.2) is 18.6 Å². The van der Waals surface area contributed by atoms with Crippen LogP contribution in [0.15, 0.2) is 60.7 Å². The Bertz CT molecular complexity index is 664. The van der Waals surface area contributed by atoms with Crippen molar-refractivity contribution in [3.8, 4) is 0 Å². The topological polar surface area (TPSA) is 29.5 Å². The highest BCUT2D eigenvalue weighted by Gasteiger charge is 2.30. The molecule has 106 valence electrons. The van der Waals surface area contributed by atoms with Gasteiger partial charge in [0.2, 0.25) is 0 Å². The third kappa shape index (κ3) is 2.55. The molecule has 0 N–H and O–H groups in total. The zero-order valence-electron chi connectivity index (χ0n) is 11.9. The van der Waals surface area contributed by atoms with Gasteiger partial charge >= 0.3 is 5.97 Å². The summed E-state index contributed by atoms with van der Waals surface area (Å²) < 4.78 is 5.22. The van der Waals surface area contributed by atoms with Crippen molar-refractivity contribution in [3.63, 3.8) is 0 Å². The Hall–Kier alpha value is -2.55. The van der Waals surface area contributed by atoms with Gasteiger partial charge in [-0.3, -0.25) is 0 Å². The van der Waals surface area contributed by atoms with Crippen LogP contribution in [0.3, 0.4) is 0 Å². The molecule has 0 saturated heterocycles. The predicted octanol–water partition coefficient (Wildman–Crippen LogP) is 3.78. The molecule has 0 bridgehead atoms.